The number of hydrogen-bond acceptors (Lipinski definition) is 6. The van der Waals surface area contributed by atoms with Gasteiger partial charge in [-0.2, -0.15) is 0 Å². The lowest BCUT2D eigenvalue weighted by molar-refractivity contribution is -0.123. The Morgan fingerprint density at radius 1 is 1.07 bits per heavy atom. The summed E-state index contributed by atoms with van der Waals surface area (Å²) in [6, 6.07) is 13.1. The number of para-hydroxylation sites is 1. The van der Waals surface area contributed by atoms with E-state index in [9.17, 15) is 14.4 Å². The molecule has 0 heterocycles. The summed E-state index contributed by atoms with van der Waals surface area (Å²) in [5, 5.41) is 14.5. The highest BCUT2D eigenvalue weighted by Crippen LogP contribution is 2.17. The van der Waals surface area contributed by atoms with Gasteiger partial charge in [0.25, 0.3) is 5.91 Å². The highest BCUT2D eigenvalue weighted by Gasteiger charge is 2.21. The van der Waals surface area contributed by atoms with Gasteiger partial charge in [0, 0.05) is 23.5 Å². The summed E-state index contributed by atoms with van der Waals surface area (Å²) in [5.41, 5.74) is 1.83. The van der Waals surface area contributed by atoms with Crippen molar-refractivity contribution in [2.45, 2.75) is 20.0 Å². The quantitative estimate of drug-likeness (QED) is 0.487. The maximum atomic E-state index is 12.4. The van der Waals surface area contributed by atoms with Gasteiger partial charge in [-0.15, -0.1) is 0 Å². The second kappa shape index (κ2) is 9.49. The zero-order valence-corrected chi connectivity index (χ0v) is 15.2. The van der Waals surface area contributed by atoms with E-state index in [1.807, 2.05) is 0 Å². The largest absolute Gasteiger partial charge is 0.449 e. The summed E-state index contributed by atoms with van der Waals surface area (Å²) in [6.07, 6.45) is -1.02. The molecule has 0 aliphatic carbocycles. The zero-order valence-electron chi connectivity index (χ0n) is 15.2. The topological polar surface area (TPSA) is 105 Å². The molecule has 27 heavy (non-hydrogen) atoms. The molecule has 0 aliphatic rings. The van der Waals surface area contributed by atoms with Crippen LogP contribution in [0.3, 0.4) is 0 Å². The number of carbonyl (C=O) groups excluding carboxylic acids is 3. The number of aliphatic hydroxyl groups is 1. The van der Waals surface area contributed by atoms with E-state index in [-0.39, 0.29) is 24.5 Å². The van der Waals surface area contributed by atoms with Crippen molar-refractivity contribution in [3.63, 3.8) is 0 Å². The fourth-order valence-corrected chi connectivity index (χ4v) is 2.32. The third-order valence-electron chi connectivity index (χ3n) is 3.79. The summed E-state index contributed by atoms with van der Waals surface area (Å²) in [6.45, 7) is 3.14. The summed E-state index contributed by atoms with van der Waals surface area (Å²) in [7, 11) is 0. The van der Waals surface area contributed by atoms with Crippen molar-refractivity contribution >= 4 is 29.0 Å². The van der Waals surface area contributed by atoms with Crippen LogP contribution in [0.15, 0.2) is 48.5 Å². The molecule has 7 heteroatoms. The molecule has 3 N–H and O–H groups in total. The van der Waals surface area contributed by atoms with Gasteiger partial charge in [-0.3, -0.25) is 9.59 Å². The van der Waals surface area contributed by atoms with E-state index in [0.29, 0.717) is 16.9 Å². The van der Waals surface area contributed by atoms with Crippen molar-refractivity contribution < 1.29 is 24.2 Å². The van der Waals surface area contributed by atoms with Crippen molar-refractivity contribution in [1.82, 2.24) is 0 Å². The maximum Gasteiger partial charge on any atom is 0.341 e. The van der Waals surface area contributed by atoms with Gasteiger partial charge in [-0.05, 0) is 50.2 Å². The second-order valence-corrected chi connectivity index (χ2v) is 5.87. The van der Waals surface area contributed by atoms with Crippen LogP contribution in [0.25, 0.3) is 0 Å². The molecule has 0 radical (unpaired) electrons. The molecule has 142 valence electrons. The van der Waals surface area contributed by atoms with Crippen LogP contribution in [-0.2, 0) is 9.53 Å². The fourth-order valence-electron chi connectivity index (χ4n) is 2.32. The molecule has 1 atom stereocenters. The lowest BCUT2D eigenvalue weighted by Crippen LogP contribution is -2.30. The van der Waals surface area contributed by atoms with Gasteiger partial charge in [0.15, 0.2) is 11.9 Å². The Balaban J connectivity index is 1.99. The Bertz CT molecular complexity index is 817. The fraction of sp³-hybridized carbons (Fsp3) is 0.250. The van der Waals surface area contributed by atoms with Gasteiger partial charge in [0.2, 0.25) is 0 Å². The third-order valence-corrected chi connectivity index (χ3v) is 3.79. The number of nitrogens with one attached hydrogen (secondary N) is 2. The van der Waals surface area contributed by atoms with Crippen molar-refractivity contribution in [3.05, 3.63) is 59.7 Å². The second-order valence-electron chi connectivity index (χ2n) is 5.87. The van der Waals surface area contributed by atoms with E-state index < -0.39 is 18.0 Å². The predicted molar refractivity (Wildman–Crippen MR) is 102 cm³/mol. The summed E-state index contributed by atoms with van der Waals surface area (Å²) in [5.74, 6) is -1.20. The van der Waals surface area contributed by atoms with Crippen LogP contribution in [-0.4, -0.2) is 42.0 Å². The molecule has 7 nitrogen and oxygen atoms in total. The van der Waals surface area contributed by atoms with Crippen molar-refractivity contribution in [2.24, 2.45) is 0 Å². The average molecular weight is 370 g/mol. The predicted octanol–water partition coefficient (Wildman–Crippen LogP) is 2.48. The average Bonchev–Trinajstić information content (AvgIpc) is 2.66. The lowest BCUT2D eigenvalue weighted by atomic mass is 10.1. The number of hydrogen-bond donors (Lipinski definition) is 3. The molecule has 0 unspecified atom stereocenters. The van der Waals surface area contributed by atoms with E-state index in [0.717, 1.165) is 0 Å². The molecule has 0 aromatic heterocycles. The SMILES string of the molecule is CC(=O)c1ccc(NC(=O)[C@H](C)OC(=O)c2ccccc2NCCO)cc1. The molecule has 0 spiro atoms. The summed E-state index contributed by atoms with van der Waals surface area (Å²) in [4.78, 5) is 35.9. The van der Waals surface area contributed by atoms with Crippen LogP contribution >= 0.6 is 0 Å². The maximum absolute atomic E-state index is 12.4. The Kier molecular flexibility index (Phi) is 7.08. The lowest BCUT2D eigenvalue weighted by Gasteiger charge is -2.15. The smallest absolute Gasteiger partial charge is 0.341 e. The monoisotopic (exact) mass is 370 g/mol. The third kappa shape index (κ3) is 5.65. The Hall–Kier alpha value is -3.19. The number of esters is 1. The van der Waals surface area contributed by atoms with Crippen molar-refractivity contribution in [1.29, 1.82) is 0 Å². The van der Waals surface area contributed by atoms with Crippen molar-refractivity contribution in [2.75, 3.05) is 23.8 Å². The highest BCUT2D eigenvalue weighted by molar-refractivity contribution is 6.00. The molecule has 0 aliphatic heterocycles. The van der Waals surface area contributed by atoms with Crippen LogP contribution in [0.5, 0.6) is 0 Å². The number of amides is 1. The van der Waals surface area contributed by atoms with E-state index in [2.05, 4.69) is 10.6 Å². The number of rotatable bonds is 8. The molecule has 0 fully saturated rings. The molecule has 2 aromatic rings. The molecular formula is C20H22N2O5. The molecule has 0 bridgehead atoms. The van der Waals surface area contributed by atoms with E-state index in [1.54, 1.807) is 48.5 Å². The molecule has 0 saturated heterocycles. The molecule has 2 aromatic carbocycles. The van der Waals surface area contributed by atoms with Gasteiger partial charge in [0.05, 0.1) is 12.2 Å². The summed E-state index contributed by atoms with van der Waals surface area (Å²) < 4.78 is 5.25. The van der Waals surface area contributed by atoms with Gasteiger partial charge >= 0.3 is 5.97 Å². The minimum atomic E-state index is -1.02. The van der Waals surface area contributed by atoms with Gasteiger partial charge in [0.1, 0.15) is 0 Å². The molecule has 2 rings (SSSR count). The first-order chi connectivity index (χ1) is 12.9. The van der Waals surface area contributed by atoms with Gasteiger partial charge in [-0.25, -0.2) is 4.79 Å². The minimum absolute atomic E-state index is 0.0661. The summed E-state index contributed by atoms with van der Waals surface area (Å²) >= 11 is 0. The van der Waals surface area contributed by atoms with Crippen LogP contribution in [0, 0.1) is 0 Å². The number of aliphatic hydroxyl groups excluding tert-OH is 1. The van der Waals surface area contributed by atoms with Crippen LogP contribution in [0.2, 0.25) is 0 Å². The first-order valence-corrected chi connectivity index (χ1v) is 8.49. The number of ketones is 1. The minimum Gasteiger partial charge on any atom is -0.449 e. The van der Waals surface area contributed by atoms with Crippen LogP contribution < -0.4 is 10.6 Å². The number of ether oxygens (including phenoxy) is 1. The van der Waals surface area contributed by atoms with E-state index in [1.165, 1.54) is 13.8 Å². The Morgan fingerprint density at radius 2 is 1.74 bits per heavy atom. The van der Waals surface area contributed by atoms with E-state index in [4.69, 9.17) is 9.84 Å². The number of benzene rings is 2. The standard InChI is InChI=1S/C20H22N2O5/c1-13(24)15-7-9-16(10-8-15)22-19(25)14(2)27-20(26)17-5-3-4-6-18(17)21-11-12-23/h3-10,14,21,23H,11-12H2,1-2H3,(H,22,25)/t14-/m0/s1. The first-order valence-electron chi connectivity index (χ1n) is 8.49. The molecule has 1 amide bonds. The normalized spacial score (nSPS) is 11.4. The zero-order chi connectivity index (χ0) is 19.8. The number of Topliss-reactive ketones (excluding diaryl/α,β-unsaturated/α-hetero) is 1. The van der Waals surface area contributed by atoms with E-state index >= 15 is 0 Å². The van der Waals surface area contributed by atoms with Crippen LogP contribution in [0.1, 0.15) is 34.6 Å². The number of carbonyl (C=O) groups is 3. The van der Waals surface area contributed by atoms with Gasteiger partial charge < -0.3 is 20.5 Å². The Labute approximate surface area is 157 Å². The highest BCUT2D eigenvalue weighted by atomic mass is 16.5. The molecule has 0 saturated carbocycles. The van der Waals surface area contributed by atoms with Crippen molar-refractivity contribution in [3.8, 4) is 0 Å². The van der Waals surface area contributed by atoms with Crippen LogP contribution in [0.4, 0.5) is 11.4 Å². The molecular weight excluding hydrogens is 348 g/mol. The number of anilines is 2. The first kappa shape index (κ1) is 20.1. The Morgan fingerprint density at radius 3 is 2.37 bits per heavy atom. The van der Waals surface area contributed by atoms with Gasteiger partial charge in [-0.1, -0.05) is 12.1 Å².